The van der Waals surface area contributed by atoms with Crippen molar-refractivity contribution in [1.29, 1.82) is 0 Å². The topological polar surface area (TPSA) is 66.8 Å². The van der Waals surface area contributed by atoms with E-state index >= 15 is 0 Å². The molecule has 0 fully saturated rings. The predicted molar refractivity (Wildman–Crippen MR) is 61.1 cm³/mol. The molecule has 0 saturated heterocycles. The number of ether oxygens (including phenoxy) is 1. The second kappa shape index (κ2) is 4.45. The van der Waals surface area contributed by atoms with Gasteiger partial charge in [0.1, 0.15) is 18.4 Å². The van der Waals surface area contributed by atoms with E-state index in [0.29, 0.717) is 11.4 Å². The Morgan fingerprint density at radius 1 is 1.53 bits per heavy atom. The maximum absolute atomic E-state index is 11.9. The highest BCUT2D eigenvalue weighted by Gasteiger charge is 2.27. The zero-order chi connectivity index (χ0) is 12.4. The number of rotatable bonds is 2. The van der Waals surface area contributed by atoms with Crippen molar-refractivity contribution in [3.8, 4) is 5.75 Å². The van der Waals surface area contributed by atoms with Gasteiger partial charge in [-0.1, -0.05) is 12.1 Å². The Morgan fingerprint density at radius 2 is 2.24 bits per heavy atom. The van der Waals surface area contributed by atoms with Crippen molar-refractivity contribution in [2.75, 3.05) is 11.4 Å². The average Bonchev–Trinajstić information content (AvgIpc) is 2.36. The summed E-state index contributed by atoms with van der Waals surface area (Å²) >= 11 is 0. The van der Waals surface area contributed by atoms with E-state index in [1.165, 1.54) is 4.90 Å². The first kappa shape index (κ1) is 11.4. The van der Waals surface area contributed by atoms with Crippen LogP contribution in [0, 0.1) is 0 Å². The molecule has 1 unspecified atom stereocenters. The number of carboxylic acid groups (broad SMARTS) is 1. The summed E-state index contributed by atoms with van der Waals surface area (Å²) in [6.45, 7) is 1.45. The number of hydrogen-bond acceptors (Lipinski definition) is 3. The third-order valence-corrected chi connectivity index (χ3v) is 2.54. The smallest absolute Gasteiger partial charge is 0.323 e. The molecule has 1 aliphatic rings. The van der Waals surface area contributed by atoms with Crippen molar-refractivity contribution in [2.24, 2.45) is 0 Å². The van der Waals surface area contributed by atoms with Crippen molar-refractivity contribution in [3.05, 3.63) is 24.3 Å². The zero-order valence-electron chi connectivity index (χ0n) is 9.42. The summed E-state index contributed by atoms with van der Waals surface area (Å²) in [4.78, 5) is 23.9. The number of nitrogens with zero attached hydrogens (tertiary/aromatic N) is 1. The number of aliphatic carboxylic acids is 1. The first-order valence-electron chi connectivity index (χ1n) is 5.36. The Hall–Kier alpha value is -2.04. The molecule has 17 heavy (non-hydrogen) atoms. The Balaban J connectivity index is 2.42. The third kappa shape index (κ3) is 2.38. The van der Waals surface area contributed by atoms with Crippen LogP contribution in [0.2, 0.25) is 0 Å². The second-order valence-corrected chi connectivity index (χ2v) is 3.97. The molecule has 0 spiro atoms. The summed E-state index contributed by atoms with van der Waals surface area (Å²) in [5.41, 5.74) is 0.518. The fourth-order valence-corrected chi connectivity index (χ4v) is 1.84. The van der Waals surface area contributed by atoms with Gasteiger partial charge in [-0.3, -0.25) is 14.5 Å². The molecule has 0 bridgehead atoms. The van der Waals surface area contributed by atoms with E-state index in [4.69, 9.17) is 9.84 Å². The van der Waals surface area contributed by atoms with Crippen molar-refractivity contribution in [3.63, 3.8) is 0 Å². The maximum atomic E-state index is 11.9. The first-order valence-corrected chi connectivity index (χ1v) is 5.36. The molecule has 1 aliphatic heterocycles. The number of hydrogen-bond donors (Lipinski definition) is 1. The number of carbonyl (C=O) groups is 2. The van der Waals surface area contributed by atoms with Gasteiger partial charge in [0.15, 0.2) is 0 Å². The van der Waals surface area contributed by atoms with Crippen LogP contribution in [-0.4, -0.2) is 29.6 Å². The van der Waals surface area contributed by atoms with E-state index < -0.39 is 5.97 Å². The Morgan fingerprint density at radius 3 is 2.94 bits per heavy atom. The van der Waals surface area contributed by atoms with Crippen molar-refractivity contribution < 1.29 is 19.4 Å². The van der Waals surface area contributed by atoms with Crippen LogP contribution in [0.1, 0.15) is 13.3 Å². The van der Waals surface area contributed by atoms with Crippen molar-refractivity contribution >= 4 is 17.6 Å². The van der Waals surface area contributed by atoms with Crippen LogP contribution >= 0.6 is 0 Å². The van der Waals surface area contributed by atoms with E-state index in [0.717, 1.165) is 0 Å². The van der Waals surface area contributed by atoms with Gasteiger partial charge >= 0.3 is 5.97 Å². The lowest BCUT2D eigenvalue weighted by molar-refractivity contribution is -0.136. The van der Waals surface area contributed by atoms with Crippen LogP contribution in [0.4, 0.5) is 5.69 Å². The lowest BCUT2D eigenvalue weighted by atomic mass is 10.2. The fraction of sp³-hybridized carbons (Fsp3) is 0.333. The minimum Gasteiger partial charge on any atom is -0.488 e. The monoisotopic (exact) mass is 235 g/mol. The molecule has 1 amide bonds. The van der Waals surface area contributed by atoms with E-state index in [1.807, 2.05) is 0 Å². The minimum absolute atomic E-state index is 0.182. The number of carboxylic acids is 1. The van der Waals surface area contributed by atoms with E-state index in [-0.39, 0.29) is 25.0 Å². The SMILES string of the molecule is CC1CC(=O)N(CC(=O)O)c2ccccc2O1. The summed E-state index contributed by atoms with van der Waals surface area (Å²) < 4.78 is 5.58. The summed E-state index contributed by atoms with van der Waals surface area (Å²) in [7, 11) is 0. The number of benzene rings is 1. The van der Waals surface area contributed by atoms with Gasteiger partial charge in [0.05, 0.1) is 12.1 Å². The van der Waals surface area contributed by atoms with Crippen LogP contribution < -0.4 is 9.64 Å². The molecule has 1 heterocycles. The van der Waals surface area contributed by atoms with E-state index in [1.54, 1.807) is 31.2 Å². The summed E-state index contributed by atoms with van der Waals surface area (Å²) in [5, 5.41) is 8.83. The zero-order valence-corrected chi connectivity index (χ0v) is 9.42. The highest BCUT2D eigenvalue weighted by molar-refractivity contribution is 5.99. The first-order chi connectivity index (χ1) is 8.08. The van der Waals surface area contributed by atoms with E-state index in [9.17, 15) is 9.59 Å². The van der Waals surface area contributed by atoms with Gasteiger partial charge in [0.25, 0.3) is 0 Å². The van der Waals surface area contributed by atoms with Gasteiger partial charge in [0.2, 0.25) is 5.91 Å². The normalized spacial score (nSPS) is 19.2. The number of fused-ring (bicyclic) bond motifs is 1. The molecule has 1 aromatic rings. The van der Waals surface area contributed by atoms with Gasteiger partial charge in [-0.05, 0) is 19.1 Å². The van der Waals surface area contributed by atoms with Crippen LogP contribution in [0.15, 0.2) is 24.3 Å². The summed E-state index contributed by atoms with van der Waals surface area (Å²) in [6.07, 6.45) is -0.0652. The standard InChI is InChI=1S/C12H13NO4/c1-8-6-11(14)13(7-12(15)16)9-4-2-3-5-10(9)17-8/h2-5,8H,6-7H2,1H3,(H,15,16). The molecule has 0 aromatic heterocycles. The Labute approximate surface area is 98.6 Å². The highest BCUT2D eigenvalue weighted by Crippen LogP contribution is 2.32. The van der Waals surface area contributed by atoms with Crippen LogP contribution in [0.3, 0.4) is 0 Å². The number of amides is 1. The van der Waals surface area contributed by atoms with Gasteiger partial charge in [-0.15, -0.1) is 0 Å². The molecule has 5 nitrogen and oxygen atoms in total. The predicted octanol–water partition coefficient (Wildman–Crippen LogP) is 1.28. The molecule has 90 valence electrons. The lowest BCUT2D eigenvalue weighted by Crippen LogP contribution is -2.35. The molecular weight excluding hydrogens is 222 g/mol. The number of anilines is 1. The molecule has 5 heteroatoms. The molecule has 1 aromatic carbocycles. The van der Waals surface area contributed by atoms with Gasteiger partial charge < -0.3 is 9.84 Å². The Bertz CT molecular complexity index is 458. The minimum atomic E-state index is -1.04. The van der Waals surface area contributed by atoms with Gasteiger partial charge in [-0.25, -0.2) is 0 Å². The highest BCUT2D eigenvalue weighted by atomic mass is 16.5. The quantitative estimate of drug-likeness (QED) is 0.838. The molecule has 0 aliphatic carbocycles. The van der Waals surface area contributed by atoms with Crippen LogP contribution in [0.5, 0.6) is 5.75 Å². The molecule has 1 N–H and O–H groups in total. The molecular formula is C12H13NO4. The lowest BCUT2D eigenvalue weighted by Gasteiger charge is -2.19. The van der Waals surface area contributed by atoms with Crippen molar-refractivity contribution in [1.82, 2.24) is 0 Å². The second-order valence-electron chi connectivity index (χ2n) is 3.97. The van der Waals surface area contributed by atoms with Gasteiger partial charge in [0, 0.05) is 0 Å². The van der Waals surface area contributed by atoms with Gasteiger partial charge in [-0.2, -0.15) is 0 Å². The molecule has 1 atom stereocenters. The largest absolute Gasteiger partial charge is 0.488 e. The maximum Gasteiger partial charge on any atom is 0.323 e. The van der Waals surface area contributed by atoms with Crippen LogP contribution in [0.25, 0.3) is 0 Å². The summed E-state index contributed by atoms with van der Waals surface area (Å²) in [5.74, 6) is -0.723. The molecule has 0 radical (unpaired) electrons. The average molecular weight is 235 g/mol. The molecule has 2 rings (SSSR count). The summed E-state index contributed by atoms with van der Waals surface area (Å²) in [6, 6.07) is 6.97. The van der Waals surface area contributed by atoms with Crippen molar-refractivity contribution in [2.45, 2.75) is 19.4 Å². The number of carbonyl (C=O) groups excluding carboxylic acids is 1. The number of para-hydroxylation sites is 2. The van der Waals surface area contributed by atoms with E-state index in [2.05, 4.69) is 0 Å². The fourth-order valence-electron chi connectivity index (χ4n) is 1.84. The third-order valence-electron chi connectivity index (χ3n) is 2.54. The molecule has 0 saturated carbocycles. The van der Waals surface area contributed by atoms with Crippen LogP contribution in [-0.2, 0) is 9.59 Å². The Kier molecular flexibility index (Phi) is 2.99.